The fourth-order valence-electron chi connectivity index (χ4n) is 1.73. The van der Waals surface area contributed by atoms with E-state index in [0.717, 1.165) is 11.3 Å². The van der Waals surface area contributed by atoms with Crippen molar-refractivity contribution in [1.29, 1.82) is 0 Å². The molecule has 7 heteroatoms. The predicted molar refractivity (Wildman–Crippen MR) is 88.2 cm³/mol. The van der Waals surface area contributed by atoms with Crippen LogP contribution in [0.5, 0.6) is 0 Å². The fraction of sp³-hybridized carbons (Fsp3) is 0.312. The van der Waals surface area contributed by atoms with E-state index >= 15 is 0 Å². The maximum Gasteiger partial charge on any atom is 0.316 e. The Kier molecular flexibility index (Phi) is 6.22. The number of benzene rings is 1. The molecule has 1 aromatic carbocycles. The molecule has 2 aromatic rings. The Hall–Kier alpha value is -2.28. The Morgan fingerprint density at radius 2 is 2.00 bits per heavy atom. The van der Waals surface area contributed by atoms with Crippen LogP contribution in [0.15, 0.2) is 34.9 Å². The van der Waals surface area contributed by atoms with Crippen LogP contribution in [0.2, 0.25) is 0 Å². The minimum atomic E-state index is -0.449. The second-order valence-corrected chi connectivity index (χ2v) is 6.00. The van der Waals surface area contributed by atoms with Gasteiger partial charge in [-0.3, -0.25) is 9.59 Å². The highest BCUT2D eigenvalue weighted by molar-refractivity contribution is 7.99. The summed E-state index contributed by atoms with van der Waals surface area (Å²) < 4.78 is 9.73. The van der Waals surface area contributed by atoms with Crippen molar-refractivity contribution in [3.05, 3.63) is 47.2 Å². The van der Waals surface area contributed by atoms with Crippen LogP contribution in [0, 0.1) is 13.8 Å². The average molecular weight is 334 g/mol. The molecule has 0 bridgehead atoms. The number of carbonyl (C=O) groups is 2. The molecular formula is C16H18N2O4S. The molecule has 0 spiro atoms. The van der Waals surface area contributed by atoms with Crippen molar-refractivity contribution in [3.8, 4) is 0 Å². The van der Waals surface area contributed by atoms with Gasteiger partial charge in [0.2, 0.25) is 0 Å². The van der Waals surface area contributed by atoms with E-state index in [-0.39, 0.29) is 12.4 Å². The van der Waals surface area contributed by atoms with Gasteiger partial charge in [0.15, 0.2) is 12.4 Å². The summed E-state index contributed by atoms with van der Waals surface area (Å²) in [4.78, 5) is 23.2. The van der Waals surface area contributed by atoms with Gasteiger partial charge in [0.1, 0.15) is 5.76 Å². The van der Waals surface area contributed by atoms with Crippen LogP contribution in [0.3, 0.4) is 0 Å². The summed E-state index contributed by atoms with van der Waals surface area (Å²) in [6, 6.07) is 9.70. The van der Waals surface area contributed by atoms with Crippen molar-refractivity contribution in [2.45, 2.75) is 19.6 Å². The van der Waals surface area contributed by atoms with Gasteiger partial charge in [0.05, 0.1) is 5.75 Å². The third kappa shape index (κ3) is 6.15. The second kappa shape index (κ2) is 8.38. The minimum Gasteiger partial charge on any atom is -0.455 e. The van der Waals surface area contributed by atoms with Crippen molar-refractivity contribution in [2.75, 3.05) is 17.7 Å². The van der Waals surface area contributed by atoms with Crippen molar-refractivity contribution < 1.29 is 18.8 Å². The maximum atomic E-state index is 11.6. The Morgan fingerprint density at radius 3 is 2.65 bits per heavy atom. The van der Waals surface area contributed by atoms with E-state index in [2.05, 4.69) is 10.5 Å². The van der Waals surface area contributed by atoms with E-state index in [4.69, 9.17) is 9.26 Å². The van der Waals surface area contributed by atoms with Crippen LogP contribution in [0.25, 0.3) is 0 Å². The van der Waals surface area contributed by atoms with Gasteiger partial charge in [0.25, 0.3) is 5.91 Å². The van der Waals surface area contributed by atoms with Gasteiger partial charge >= 0.3 is 5.97 Å². The van der Waals surface area contributed by atoms with Crippen LogP contribution < -0.4 is 5.32 Å². The third-order valence-corrected chi connectivity index (χ3v) is 3.85. The molecule has 6 nitrogen and oxygen atoms in total. The van der Waals surface area contributed by atoms with E-state index < -0.39 is 11.9 Å². The van der Waals surface area contributed by atoms with Crippen molar-refractivity contribution in [3.63, 3.8) is 0 Å². The van der Waals surface area contributed by atoms with Crippen molar-refractivity contribution in [1.82, 2.24) is 5.16 Å². The molecule has 1 heterocycles. The summed E-state index contributed by atoms with van der Waals surface area (Å²) in [5, 5.41) is 6.10. The lowest BCUT2D eigenvalue weighted by atomic mass is 10.2. The summed E-state index contributed by atoms with van der Waals surface area (Å²) in [5.74, 6) is 0.940. The van der Waals surface area contributed by atoms with Crippen LogP contribution in [-0.4, -0.2) is 29.4 Å². The molecule has 23 heavy (non-hydrogen) atoms. The Bertz CT molecular complexity index is 667. The Labute approximate surface area is 138 Å². The number of esters is 1. The number of aromatic nitrogens is 1. The summed E-state index contributed by atoms with van der Waals surface area (Å²) in [6.45, 7) is 3.41. The smallest absolute Gasteiger partial charge is 0.316 e. The largest absolute Gasteiger partial charge is 0.455 e. The minimum absolute atomic E-state index is 0.199. The molecule has 1 amide bonds. The molecule has 0 saturated heterocycles. The van der Waals surface area contributed by atoms with E-state index in [0.29, 0.717) is 11.6 Å². The van der Waals surface area contributed by atoms with Crippen molar-refractivity contribution in [2.24, 2.45) is 0 Å². The van der Waals surface area contributed by atoms with E-state index in [1.165, 1.54) is 17.3 Å². The summed E-state index contributed by atoms with van der Waals surface area (Å²) in [6.07, 6.45) is 0. The first-order valence-electron chi connectivity index (χ1n) is 7.05. The predicted octanol–water partition coefficient (Wildman–Crippen LogP) is 2.71. The van der Waals surface area contributed by atoms with Crippen LogP contribution >= 0.6 is 11.8 Å². The van der Waals surface area contributed by atoms with Gasteiger partial charge in [0, 0.05) is 11.8 Å². The zero-order valence-electron chi connectivity index (χ0n) is 13.0. The first-order chi connectivity index (χ1) is 11.0. The first-order valence-corrected chi connectivity index (χ1v) is 8.20. The SMILES string of the molecule is Cc1ccc(CSCC(=O)OCC(=O)Nc2cc(C)on2)cc1. The number of rotatable bonds is 7. The normalized spacial score (nSPS) is 10.3. The fourth-order valence-corrected chi connectivity index (χ4v) is 2.51. The van der Waals surface area contributed by atoms with Crippen LogP contribution in [-0.2, 0) is 20.1 Å². The first kappa shape index (κ1) is 17.1. The molecule has 0 unspecified atom stereocenters. The van der Waals surface area contributed by atoms with Gasteiger partial charge in [-0.15, -0.1) is 11.8 Å². The zero-order chi connectivity index (χ0) is 16.7. The van der Waals surface area contributed by atoms with Gasteiger partial charge in [-0.25, -0.2) is 0 Å². The number of nitrogens with one attached hydrogen (secondary N) is 1. The lowest BCUT2D eigenvalue weighted by molar-refractivity contribution is -0.144. The quantitative estimate of drug-likeness (QED) is 0.784. The molecular weight excluding hydrogens is 316 g/mol. The summed E-state index contributed by atoms with van der Waals surface area (Å²) in [5.41, 5.74) is 2.35. The molecule has 1 aromatic heterocycles. The number of carbonyl (C=O) groups excluding carboxylic acids is 2. The second-order valence-electron chi connectivity index (χ2n) is 5.01. The molecule has 122 valence electrons. The highest BCUT2D eigenvalue weighted by Gasteiger charge is 2.10. The molecule has 0 aliphatic carbocycles. The third-order valence-electron chi connectivity index (χ3n) is 2.87. The average Bonchev–Trinajstić information content (AvgIpc) is 2.92. The molecule has 0 radical (unpaired) electrons. The summed E-state index contributed by atoms with van der Waals surface area (Å²) in [7, 11) is 0. The molecule has 0 atom stereocenters. The number of ether oxygens (including phenoxy) is 1. The van der Waals surface area contributed by atoms with Gasteiger partial charge in [-0.1, -0.05) is 35.0 Å². The molecule has 0 saturated carbocycles. The van der Waals surface area contributed by atoms with Crippen LogP contribution in [0.4, 0.5) is 5.82 Å². The monoisotopic (exact) mass is 334 g/mol. The summed E-state index contributed by atoms with van der Waals surface area (Å²) >= 11 is 1.45. The number of nitrogens with zero attached hydrogens (tertiary/aromatic N) is 1. The zero-order valence-corrected chi connectivity index (χ0v) is 13.8. The highest BCUT2D eigenvalue weighted by Crippen LogP contribution is 2.13. The van der Waals surface area contributed by atoms with E-state index in [1.54, 1.807) is 13.0 Å². The number of hydrogen-bond acceptors (Lipinski definition) is 6. The molecule has 1 N–H and O–H groups in total. The number of amides is 1. The Balaban J connectivity index is 1.62. The van der Waals surface area contributed by atoms with Gasteiger partial charge in [-0.2, -0.15) is 0 Å². The molecule has 0 fully saturated rings. The maximum absolute atomic E-state index is 11.6. The number of thioether (sulfide) groups is 1. The standard InChI is InChI=1S/C16H18N2O4S/c1-11-3-5-13(6-4-11)9-23-10-16(20)21-8-15(19)17-14-7-12(2)22-18-14/h3-7H,8-10H2,1-2H3,(H,17,18,19). The topological polar surface area (TPSA) is 81.4 Å². The highest BCUT2D eigenvalue weighted by atomic mass is 32.2. The molecule has 2 rings (SSSR count). The molecule has 0 aliphatic rings. The van der Waals surface area contributed by atoms with E-state index in [9.17, 15) is 9.59 Å². The van der Waals surface area contributed by atoms with Gasteiger partial charge in [-0.05, 0) is 19.4 Å². The number of aryl methyl sites for hydroxylation is 2. The van der Waals surface area contributed by atoms with Gasteiger partial charge < -0.3 is 14.6 Å². The Morgan fingerprint density at radius 1 is 1.26 bits per heavy atom. The number of anilines is 1. The lowest BCUT2D eigenvalue weighted by Crippen LogP contribution is -2.21. The van der Waals surface area contributed by atoms with E-state index in [1.807, 2.05) is 31.2 Å². The van der Waals surface area contributed by atoms with Crippen molar-refractivity contribution >= 4 is 29.5 Å². The molecule has 0 aliphatic heterocycles. The lowest BCUT2D eigenvalue weighted by Gasteiger charge is -2.05. The number of hydrogen-bond donors (Lipinski definition) is 1. The van der Waals surface area contributed by atoms with Crippen LogP contribution in [0.1, 0.15) is 16.9 Å².